The number of carbonyl (C=O) groups is 2. The predicted molar refractivity (Wildman–Crippen MR) is 121 cm³/mol. The molecule has 9 heteroatoms. The van der Waals surface area contributed by atoms with E-state index in [1.54, 1.807) is 30.0 Å². The van der Waals surface area contributed by atoms with E-state index in [-0.39, 0.29) is 30.2 Å². The van der Waals surface area contributed by atoms with Crippen LogP contribution in [0.5, 0.6) is 0 Å². The molecule has 7 nitrogen and oxygen atoms in total. The highest BCUT2D eigenvalue weighted by molar-refractivity contribution is 8.01. The average molecular weight is 460 g/mol. The van der Waals surface area contributed by atoms with Gasteiger partial charge in [-0.15, -0.1) is 11.8 Å². The van der Waals surface area contributed by atoms with E-state index >= 15 is 0 Å². The molecule has 4 rings (SSSR count). The van der Waals surface area contributed by atoms with Crippen LogP contribution in [-0.2, 0) is 14.8 Å². The summed E-state index contributed by atoms with van der Waals surface area (Å²) in [4.78, 5) is 27.9. The molecule has 0 spiro atoms. The third-order valence-corrected chi connectivity index (χ3v) is 8.86. The lowest BCUT2D eigenvalue weighted by Crippen LogP contribution is -2.50. The van der Waals surface area contributed by atoms with Crippen LogP contribution in [0.2, 0.25) is 0 Å². The first-order valence-corrected chi connectivity index (χ1v) is 12.5. The Balaban J connectivity index is 1.47. The molecule has 2 aromatic rings. The number of amides is 2. The molecule has 0 unspecified atom stereocenters. The molecular weight excluding hydrogens is 434 g/mol. The highest BCUT2D eigenvalue weighted by Gasteiger charge is 2.32. The normalized spacial score (nSPS) is 19.6. The monoisotopic (exact) mass is 459 g/mol. The average Bonchev–Trinajstić information content (AvgIpc) is 2.75. The second-order valence-electron chi connectivity index (χ2n) is 7.93. The summed E-state index contributed by atoms with van der Waals surface area (Å²) in [6, 6.07) is 10.7. The number of fused-ring (bicyclic) bond motifs is 1. The fourth-order valence-corrected chi connectivity index (χ4v) is 6.44. The summed E-state index contributed by atoms with van der Waals surface area (Å²) in [5.74, 6) is -0.239. The lowest BCUT2D eigenvalue weighted by Gasteiger charge is -2.34. The van der Waals surface area contributed by atoms with E-state index in [1.165, 1.54) is 16.1 Å². The smallest absolute Gasteiger partial charge is 0.254 e. The van der Waals surface area contributed by atoms with Gasteiger partial charge in [-0.25, -0.2) is 8.42 Å². The zero-order chi connectivity index (χ0) is 22.3. The first kappa shape index (κ1) is 21.9. The van der Waals surface area contributed by atoms with E-state index in [0.29, 0.717) is 34.8 Å². The van der Waals surface area contributed by atoms with Crippen LogP contribution < -0.4 is 5.32 Å². The summed E-state index contributed by atoms with van der Waals surface area (Å²) in [7, 11) is -3.61. The zero-order valence-electron chi connectivity index (χ0n) is 17.7. The minimum absolute atomic E-state index is 0.0765. The van der Waals surface area contributed by atoms with Crippen molar-refractivity contribution in [2.24, 2.45) is 0 Å². The Hall–Kier alpha value is -2.36. The van der Waals surface area contributed by atoms with Crippen molar-refractivity contribution < 1.29 is 18.0 Å². The Labute approximate surface area is 186 Å². The third-order valence-electron chi connectivity index (χ3n) is 5.64. The van der Waals surface area contributed by atoms with E-state index in [2.05, 4.69) is 5.32 Å². The van der Waals surface area contributed by atoms with Gasteiger partial charge >= 0.3 is 0 Å². The predicted octanol–water partition coefficient (Wildman–Crippen LogP) is 2.88. The van der Waals surface area contributed by atoms with Crippen LogP contribution in [0.4, 0.5) is 5.69 Å². The number of sulfonamides is 1. The molecule has 0 aromatic heterocycles. The fourth-order valence-electron chi connectivity index (χ4n) is 3.78. The van der Waals surface area contributed by atoms with Gasteiger partial charge < -0.3 is 10.2 Å². The van der Waals surface area contributed by atoms with Gasteiger partial charge in [0.1, 0.15) is 0 Å². The molecule has 2 aliphatic heterocycles. The Morgan fingerprint density at radius 3 is 2.48 bits per heavy atom. The minimum Gasteiger partial charge on any atom is -0.336 e. The maximum Gasteiger partial charge on any atom is 0.254 e. The second-order valence-corrected chi connectivity index (χ2v) is 11.2. The summed E-state index contributed by atoms with van der Waals surface area (Å²) in [6.07, 6.45) is 0. The summed E-state index contributed by atoms with van der Waals surface area (Å²) in [5, 5.41) is 2.68. The Bertz CT molecular complexity index is 1160. The number of aryl methyl sites for hydroxylation is 2. The molecule has 2 aromatic carbocycles. The van der Waals surface area contributed by atoms with Crippen LogP contribution in [0.15, 0.2) is 46.2 Å². The zero-order valence-corrected chi connectivity index (χ0v) is 19.3. The highest BCUT2D eigenvalue weighted by Crippen LogP contribution is 2.36. The molecule has 0 bridgehead atoms. The number of thioether (sulfide) groups is 1. The van der Waals surface area contributed by atoms with Crippen LogP contribution >= 0.6 is 11.8 Å². The summed E-state index contributed by atoms with van der Waals surface area (Å²) in [6.45, 7) is 6.63. The highest BCUT2D eigenvalue weighted by atomic mass is 32.2. The lowest BCUT2D eigenvalue weighted by molar-refractivity contribution is -0.115. The van der Waals surface area contributed by atoms with Crippen LogP contribution in [0.1, 0.15) is 28.4 Å². The van der Waals surface area contributed by atoms with Crippen molar-refractivity contribution in [3.63, 3.8) is 0 Å². The van der Waals surface area contributed by atoms with Crippen molar-refractivity contribution in [2.75, 3.05) is 31.5 Å². The molecule has 2 heterocycles. The Kier molecular flexibility index (Phi) is 5.85. The van der Waals surface area contributed by atoms with E-state index in [9.17, 15) is 18.0 Å². The van der Waals surface area contributed by atoms with E-state index < -0.39 is 10.0 Å². The Morgan fingerprint density at radius 1 is 1.06 bits per heavy atom. The molecule has 1 atom stereocenters. The molecule has 1 fully saturated rings. The van der Waals surface area contributed by atoms with Crippen molar-refractivity contribution in [1.82, 2.24) is 9.21 Å². The molecule has 1 saturated heterocycles. The van der Waals surface area contributed by atoms with Gasteiger partial charge in [0.2, 0.25) is 15.9 Å². The number of rotatable bonds is 3. The molecule has 2 amide bonds. The van der Waals surface area contributed by atoms with Crippen LogP contribution in [0.3, 0.4) is 0 Å². The van der Waals surface area contributed by atoms with Gasteiger partial charge in [-0.2, -0.15) is 4.31 Å². The second kappa shape index (κ2) is 8.29. The van der Waals surface area contributed by atoms with Gasteiger partial charge in [0.25, 0.3) is 5.91 Å². The van der Waals surface area contributed by atoms with Crippen LogP contribution in [0, 0.1) is 13.8 Å². The van der Waals surface area contributed by atoms with Gasteiger partial charge in [0.05, 0.1) is 15.8 Å². The van der Waals surface area contributed by atoms with Crippen LogP contribution in [-0.4, -0.2) is 60.9 Å². The number of hydrogen-bond donors (Lipinski definition) is 1. The van der Waals surface area contributed by atoms with E-state index in [1.807, 2.05) is 32.0 Å². The van der Waals surface area contributed by atoms with E-state index in [4.69, 9.17) is 0 Å². The molecule has 0 aliphatic carbocycles. The largest absolute Gasteiger partial charge is 0.336 e. The molecule has 2 aliphatic rings. The summed E-state index contributed by atoms with van der Waals surface area (Å²) < 4.78 is 27.7. The van der Waals surface area contributed by atoms with Gasteiger partial charge in [0, 0.05) is 36.6 Å². The number of carbonyl (C=O) groups excluding carboxylic acids is 2. The Morgan fingerprint density at radius 2 is 1.77 bits per heavy atom. The molecule has 31 heavy (non-hydrogen) atoms. The van der Waals surface area contributed by atoms with Gasteiger partial charge in [-0.1, -0.05) is 12.1 Å². The molecule has 1 N–H and O–H groups in total. The first-order chi connectivity index (χ1) is 14.7. The van der Waals surface area contributed by atoms with Gasteiger partial charge in [-0.05, 0) is 56.2 Å². The summed E-state index contributed by atoms with van der Waals surface area (Å²) in [5.41, 5.74) is 2.74. The van der Waals surface area contributed by atoms with Gasteiger partial charge in [-0.3, -0.25) is 9.59 Å². The summed E-state index contributed by atoms with van der Waals surface area (Å²) >= 11 is 1.47. The number of anilines is 1. The number of hydrogen-bond acceptors (Lipinski definition) is 5. The molecular formula is C22H25N3O4S2. The third kappa shape index (κ3) is 4.22. The first-order valence-electron chi connectivity index (χ1n) is 10.1. The van der Waals surface area contributed by atoms with Crippen molar-refractivity contribution in [3.05, 3.63) is 53.1 Å². The quantitative estimate of drug-likeness (QED) is 0.763. The maximum atomic E-state index is 13.1. The van der Waals surface area contributed by atoms with Crippen LogP contribution in [0.25, 0.3) is 0 Å². The van der Waals surface area contributed by atoms with Crippen molar-refractivity contribution in [1.29, 1.82) is 0 Å². The van der Waals surface area contributed by atoms with Crippen molar-refractivity contribution >= 4 is 39.3 Å². The van der Waals surface area contributed by atoms with E-state index in [0.717, 1.165) is 10.5 Å². The minimum atomic E-state index is -3.61. The number of nitrogens with one attached hydrogen (secondary N) is 1. The van der Waals surface area contributed by atoms with Crippen molar-refractivity contribution in [3.8, 4) is 0 Å². The number of benzene rings is 2. The molecule has 0 saturated carbocycles. The number of piperazine rings is 1. The molecule has 0 radical (unpaired) electrons. The topological polar surface area (TPSA) is 86.8 Å². The lowest BCUT2D eigenvalue weighted by atomic mass is 10.1. The maximum absolute atomic E-state index is 13.1. The molecule has 164 valence electrons. The fraction of sp³-hybridized carbons (Fsp3) is 0.364. The SMILES string of the molecule is Cc1ccc(C)c(S(=O)(=O)N2CCN(C(=O)c3ccc4c(c3)NC(=O)[C@H](C)S4)CC2)c1. The standard InChI is InChI=1S/C22H25N3O4S2/c1-14-4-5-15(2)20(12-14)31(28,29)25-10-8-24(9-11-25)22(27)17-6-7-19-18(13-17)23-21(26)16(3)30-19/h4-7,12-13,16H,8-11H2,1-3H3,(H,23,26)/t16-/m0/s1. The van der Waals surface area contributed by atoms with Gasteiger partial charge in [0.15, 0.2) is 0 Å². The van der Waals surface area contributed by atoms with Crippen molar-refractivity contribution in [2.45, 2.75) is 35.8 Å². The number of nitrogens with zero attached hydrogens (tertiary/aromatic N) is 2.